The molecule has 1 heterocycles. The predicted molar refractivity (Wildman–Crippen MR) is 78.1 cm³/mol. The SMILES string of the molecule is CNCCn1ccnc1Cc1cc(Cl)cc(Br)c1. The standard InChI is InChI=1S/C13H15BrClN3/c1-16-2-4-18-5-3-17-13(18)8-10-6-11(14)9-12(15)7-10/h3,5-7,9,16H,2,4,8H2,1H3. The quantitative estimate of drug-likeness (QED) is 0.914. The van der Waals surface area contributed by atoms with Gasteiger partial charge in [-0.3, -0.25) is 0 Å². The maximum Gasteiger partial charge on any atom is 0.113 e. The number of likely N-dealkylation sites (N-methyl/N-ethyl adjacent to an activating group) is 1. The van der Waals surface area contributed by atoms with Crippen LogP contribution in [0.4, 0.5) is 0 Å². The van der Waals surface area contributed by atoms with E-state index in [-0.39, 0.29) is 0 Å². The van der Waals surface area contributed by atoms with Gasteiger partial charge in [0, 0.05) is 41.4 Å². The highest BCUT2D eigenvalue weighted by Gasteiger charge is 2.05. The van der Waals surface area contributed by atoms with Crippen LogP contribution in [-0.4, -0.2) is 23.1 Å². The monoisotopic (exact) mass is 327 g/mol. The molecule has 1 aromatic carbocycles. The average Bonchev–Trinajstić information content (AvgIpc) is 2.72. The van der Waals surface area contributed by atoms with Crippen molar-refractivity contribution in [3.8, 4) is 0 Å². The minimum absolute atomic E-state index is 0.743. The molecule has 2 aromatic rings. The molecule has 0 bridgehead atoms. The molecule has 96 valence electrons. The van der Waals surface area contributed by atoms with Crippen LogP contribution in [0.15, 0.2) is 35.1 Å². The van der Waals surface area contributed by atoms with Crippen LogP contribution in [-0.2, 0) is 13.0 Å². The fraction of sp³-hybridized carbons (Fsp3) is 0.308. The molecule has 0 spiro atoms. The molecular formula is C13H15BrClN3. The number of nitrogens with one attached hydrogen (secondary N) is 1. The van der Waals surface area contributed by atoms with Crippen molar-refractivity contribution in [2.24, 2.45) is 0 Å². The Morgan fingerprint density at radius 3 is 2.94 bits per heavy atom. The molecule has 0 fully saturated rings. The summed E-state index contributed by atoms with van der Waals surface area (Å²) in [6.07, 6.45) is 4.63. The Hall–Kier alpha value is -0.840. The van der Waals surface area contributed by atoms with Gasteiger partial charge < -0.3 is 9.88 Å². The summed E-state index contributed by atoms with van der Waals surface area (Å²) in [5, 5.41) is 3.88. The summed E-state index contributed by atoms with van der Waals surface area (Å²) in [5.74, 6) is 1.06. The van der Waals surface area contributed by atoms with E-state index in [2.05, 4.69) is 36.9 Å². The van der Waals surface area contributed by atoms with Crippen LogP contribution in [0.3, 0.4) is 0 Å². The maximum absolute atomic E-state index is 6.05. The first-order valence-corrected chi connectivity index (χ1v) is 6.95. The molecular weight excluding hydrogens is 314 g/mol. The molecule has 0 unspecified atom stereocenters. The Bertz CT molecular complexity index is 504. The maximum atomic E-state index is 6.05. The second kappa shape index (κ2) is 6.36. The number of rotatable bonds is 5. The first-order valence-electron chi connectivity index (χ1n) is 5.78. The minimum atomic E-state index is 0.743. The molecule has 5 heteroatoms. The number of imidazole rings is 1. The summed E-state index contributed by atoms with van der Waals surface area (Å²) in [5.41, 5.74) is 1.16. The minimum Gasteiger partial charge on any atom is -0.333 e. The van der Waals surface area contributed by atoms with Crippen LogP contribution in [0.25, 0.3) is 0 Å². The number of benzene rings is 1. The second-order valence-corrected chi connectivity index (χ2v) is 5.45. The highest BCUT2D eigenvalue weighted by molar-refractivity contribution is 9.10. The van der Waals surface area contributed by atoms with Gasteiger partial charge in [0.15, 0.2) is 0 Å². The van der Waals surface area contributed by atoms with Gasteiger partial charge in [-0.2, -0.15) is 0 Å². The Morgan fingerprint density at radius 1 is 1.39 bits per heavy atom. The van der Waals surface area contributed by atoms with Gasteiger partial charge in [-0.1, -0.05) is 27.5 Å². The Morgan fingerprint density at radius 2 is 2.22 bits per heavy atom. The fourth-order valence-corrected chi connectivity index (χ4v) is 2.77. The summed E-state index contributed by atoms with van der Waals surface area (Å²) in [4.78, 5) is 4.40. The predicted octanol–water partition coefficient (Wildman–Crippen LogP) is 3.11. The van der Waals surface area contributed by atoms with Crippen LogP contribution < -0.4 is 5.32 Å². The number of hydrogen-bond acceptors (Lipinski definition) is 2. The lowest BCUT2D eigenvalue weighted by Gasteiger charge is -2.08. The first-order chi connectivity index (χ1) is 8.69. The van der Waals surface area contributed by atoms with Crippen LogP contribution in [0.2, 0.25) is 5.02 Å². The Kier molecular flexibility index (Phi) is 4.80. The van der Waals surface area contributed by atoms with E-state index in [9.17, 15) is 0 Å². The van der Waals surface area contributed by atoms with Crippen molar-refractivity contribution in [1.82, 2.24) is 14.9 Å². The zero-order valence-electron chi connectivity index (χ0n) is 10.2. The molecule has 0 amide bonds. The van der Waals surface area contributed by atoms with Gasteiger partial charge in [0.2, 0.25) is 0 Å². The summed E-state index contributed by atoms with van der Waals surface area (Å²) in [6.45, 7) is 1.86. The zero-order valence-corrected chi connectivity index (χ0v) is 12.5. The van der Waals surface area contributed by atoms with Crippen molar-refractivity contribution < 1.29 is 0 Å². The topological polar surface area (TPSA) is 29.9 Å². The van der Waals surface area contributed by atoms with Crippen LogP contribution in [0, 0.1) is 0 Å². The number of hydrogen-bond donors (Lipinski definition) is 1. The van der Waals surface area contributed by atoms with Crippen molar-refractivity contribution >= 4 is 27.5 Å². The fourth-order valence-electron chi connectivity index (χ4n) is 1.84. The highest BCUT2D eigenvalue weighted by Crippen LogP contribution is 2.21. The molecule has 18 heavy (non-hydrogen) atoms. The Balaban J connectivity index is 2.15. The third-order valence-electron chi connectivity index (χ3n) is 2.69. The lowest BCUT2D eigenvalue weighted by Crippen LogP contribution is -2.16. The van der Waals surface area contributed by atoms with Gasteiger partial charge in [0.25, 0.3) is 0 Å². The van der Waals surface area contributed by atoms with E-state index in [1.165, 1.54) is 0 Å². The molecule has 3 nitrogen and oxygen atoms in total. The first kappa shape index (κ1) is 13.6. The van der Waals surface area contributed by atoms with Crippen molar-refractivity contribution in [3.63, 3.8) is 0 Å². The molecule has 0 radical (unpaired) electrons. The zero-order chi connectivity index (χ0) is 13.0. The van der Waals surface area contributed by atoms with Gasteiger partial charge in [-0.05, 0) is 30.8 Å². The van der Waals surface area contributed by atoms with Gasteiger partial charge in [-0.25, -0.2) is 4.98 Å². The summed E-state index contributed by atoms with van der Waals surface area (Å²) in [6, 6.07) is 5.94. The van der Waals surface area contributed by atoms with E-state index in [4.69, 9.17) is 11.6 Å². The van der Waals surface area contributed by atoms with Gasteiger partial charge >= 0.3 is 0 Å². The summed E-state index contributed by atoms with van der Waals surface area (Å²) >= 11 is 9.50. The third kappa shape index (κ3) is 3.57. The van der Waals surface area contributed by atoms with E-state index in [0.717, 1.165) is 40.4 Å². The lowest BCUT2D eigenvalue weighted by atomic mass is 10.1. The molecule has 2 rings (SSSR count). The largest absolute Gasteiger partial charge is 0.333 e. The Labute approximate surface area is 120 Å². The number of halogens is 2. The van der Waals surface area contributed by atoms with Gasteiger partial charge in [0.1, 0.15) is 5.82 Å². The second-order valence-electron chi connectivity index (χ2n) is 4.09. The van der Waals surface area contributed by atoms with Gasteiger partial charge in [0.05, 0.1) is 0 Å². The number of nitrogens with zero attached hydrogens (tertiary/aromatic N) is 2. The van der Waals surface area contributed by atoms with Crippen LogP contribution in [0.1, 0.15) is 11.4 Å². The molecule has 1 aromatic heterocycles. The molecule has 0 saturated carbocycles. The van der Waals surface area contributed by atoms with Gasteiger partial charge in [-0.15, -0.1) is 0 Å². The van der Waals surface area contributed by atoms with Crippen molar-refractivity contribution in [2.45, 2.75) is 13.0 Å². The third-order valence-corrected chi connectivity index (χ3v) is 3.37. The van der Waals surface area contributed by atoms with E-state index in [1.54, 1.807) is 0 Å². The molecule has 0 saturated heterocycles. The normalized spacial score (nSPS) is 10.8. The van der Waals surface area contributed by atoms with Crippen LogP contribution >= 0.6 is 27.5 Å². The van der Waals surface area contributed by atoms with Crippen LogP contribution in [0.5, 0.6) is 0 Å². The van der Waals surface area contributed by atoms with E-state index < -0.39 is 0 Å². The average molecular weight is 329 g/mol. The molecule has 0 aliphatic heterocycles. The van der Waals surface area contributed by atoms with Crippen molar-refractivity contribution in [2.75, 3.05) is 13.6 Å². The van der Waals surface area contributed by atoms with Crippen molar-refractivity contribution in [3.05, 3.63) is 51.5 Å². The van der Waals surface area contributed by atoms with E-state index in [0.29, 0.717) is 0 Å². The molecule has 1 N–H and O–H groups in total. The summed E-state index contributed by atoms with van der Waals surface area (Å²) < 4.78 is 3.16. The van der Waals surface area contributed by atoms with E-state index in [1.807, 2.05) is 31.6 Å². The molecule has 0 aliphatic rings. The highest BCUT2D eigenvalue weighted by atomic mass is 79.9. The smallest absolute Gasteiger partial charge is 0.113 e. The molecule has 0 aliphatic carbocycles. The summed E-state index contributed by atoms with van der Waals surface area (Å²) in [7, 11) is 1.95. The van der Waals surface area contributed by atoms with Crippen molar-refractivity contribution in [1.29, 1.82) is 0 Å². The lowest BCUT2D eigenvalue weighted by molar-refractivity contribution is 0.621. The number of aromatic nitrogens is 2. The van der Waals surface area contributed by atoms with E-state index >= 15 is 0 Å². The molecule has 0 atom stereocenters.